The molecule has 11 heavy (non-hydrogen) atoms. The Morgan fingerprint density at radius 1 is 1.27 bits per heavy atom. The molecule has 62 valence electrons. The second kappa shape index (κ2) is 4.88. The van der Waals surface area contributed by atoms with Gasteiger partial charge >= 0.3 is 0 Å². The molecule has 0 atom stereocenters. The molecule has 0 bridgehead atoms. The number of hydrogen-bond acceptors (Lipinski definition) is 2. The fraction of sp³-hybridized carbons (Fsp3) is 0.750. The molecule has 0 spiro atoms. The van der Waals surface area contributed by atoms with Gasteiger partial charge < -0.3 is 0 Å². The van der Waals surface area contributed by atoms with E-state index in [1.807, 2.05) is 10.9 Å². The van der Waals surface area contributed by atoms with Gasteiger partial charge in [0.1, 0.15) is 0 Å². The van der Waals surface area contributed by atoms with Crippen molar-refractivity contribution in [2.45, 2.75) is 39.2 Å². The molecule has 0 aliphatic rings. The highest BCUT2D eigenvalue weighted by Crippen LogP contribution is 1.99. The van der Waals surface area contributed by atoms with Gasteiger partial charge in [0.15, 0.2) is 0 Å². The summed E-state index contributed by atoms with van der Waals surface area (Å²) in [5, 5.41) is 7.61. The standard InChI is InChI=1S/C8H15N3/c1-2-3-4-5-7-11-8-6-9-10-11/h6,8H,2-5,7H2,1H3. The van der Waals surface area contributed by atoms with Crippen LogP contribution in [-0.2, 0) is 6.54 Å². The van der Waals surface area contributed by atoms with Gasteiger partial charge in [0.2, 0.25) is 0 Å². The van der Waals surface area contributed by atoms with Gasteiger partial charge in [-0.25, -0.2) is 0 Å². The summed E-state index contributed by atoms with van der Waals surface area (Å²) in [6.07, 6.45) is 8.77. The van der Waals surface area contributed by atoms with Crippen molar-refractivity contribution in [2.75, 3.05) is 0 Å². The predicted octanol–water partition coefficient (Wildman–Crippen LogP) is 1.86. The highest BCUT2D eigenvalue weighted by Gasteiger charge is 1.90. The van der Waals surface area contributed by atoms with Crippen molar-refractivity contribution in [1.82, 2.24) is 15.0 Å². The van der Waals surface area contributed by atoms with Crippen molar-refractivity contribution in [1.29, 1.82) is 0 Å². The number of hydrogen-bond donors (Lipinski definition) is 0. The Hall–Kier alpha value is -0.860. The highest BCUT2D eigenvalue weighted by molar-refractivity contribution is 4.63. The van der Waals surface area contributed by atoms with Crippen LogP contribution in [0.2, 0.25) is 0 Å². The Morgan fingerprint density at radius 2 is 2.18 bits per heavy atom. The van der Waals surface area contributed by atoms with Gasteiger partial charge in [0.05, 0.1) is 6.20 Å². The van der Waals surface area contributed by atoms with Crippen molar-refractivity contribution >= 4 is 0 Å². The first-order valence-electron chi connectivity index (χ1n) is 4.27. The third kappa shape index (κ3) is 3.16. The summed E-state index contributed by atoms with van der Waals surface area (Å²) < 4.78 is 1.88. The molecule has 0 amide bonds. The van der Waals surface area contributed by atoms with Gasteiger partial charge in [-0.15, -0.1) is 5.10 Å². The molecule has 3 nitrogen and oxygen atoms in total. The van der Waals surface area contributed by atoms with E-state index in [2.05, 4.69) is 17.2 Å². The number of unbranched alkanes of at least 4 members (excludes halogenated alkanes) is 3. The van der Waals surface area contributed by atoms with Gasteiger partial charge in [0, 0.05) is 12.7 Å². The van der Waals surface area contributed by atoms with E-state index >= 15 is 0 Å². The van der Waals surface area contributed by atoms with Crippen molar-refractivity contribution in [3.8, 4) is 0 Å². The minimum atomic E-state index is 1.01. The van der Waals surface area contributed by atoms with Gasteiger partial charge in [-0.2, -0.15) is 0 Å². The predicted molar refractivity (Wildman–Crippen MR) is 44.2 cm³/mol. The van der Waals surface area contributed by atoms with Crippen LogP contribution < -0.4 is 0 Å². The first-order valence-corrected chi connectivity index (χ1v) is 4.27. The molecule has 1 rings (SSSR count). The van der Waals surface area contributed by atoms with Crippen LogP contribution in [0.15, 0.2) is 12.4 Å². The normalized spacial score (nSPS) is 10.3. The summed E-state index contributed by atoms with van der Waals surface area (Å²) in [5.41, 5.74) is 0. The minimum Gasteiger partial charge on any atom is -0.253 e. The smallest absolute Gasteiger partial charge is 0.0692 e. The zero-order valence-electron chi connectivity index (χ0n) is 7.03. The average Bonchev–Trinajstić information content (AvgIpc) is 2.50. The van der Waals surface area contributed by atoms with E-state index in [1.165, 1.54) is 25.7 Å². The van der Waals surface area contributed by atoms with E-state index in [-0.39, 0.29) is 0 Å². The molecule has 0 aliphatic carbocycles. The second-order valence-electron chi connectivity index (χ2n) is 2.73. The van der Waals surface area contributed by atoms with E-state index in [0.717, 1.165) is 6.54 Å². The molecule has 1 heterocycles. The van der Waals surface area contributed by atoms with E-state index in [4.69, 9.17) is 0 Å². The molecule has 1 aromatic heterocycles. The largest absolute Gasteiger partial charge is 0.253 e. The van der Waals surface area contributed by atoms with Crippen LogP contribution in [0.5, 0.6) is 0 Å². The van der Waals surface area contributed by atoms with Crippen molar-refractivity contribution in [3.05, 3.63) is 12.4 Å². The van der Waals surface area contributed by atoms with Crippen LogP contribution in [0.25, 0.3) is 0 Å². The van der Waals surface area contributed by atoms with Crippen LogP contribution in [-0.4, -0.2) is 15.0 Å². The third-order valence-corrected chi connectivity index (χ3v) is 1.71. The number of rotatable bonds is 5. The molecule has 0 unspecified atom stereocenters. The molecule has 0 radical (unpaired) electrons. The molecule has 0 N–H and O–H groups in total. The zero-order chi connectivity index (χ0) is 7.94. The third-order valence-electron chi connectivity index (χ3n) is 1.71. The summed E-state index contributed by atoms with van der Waals surface area (Å²) in [6.45, 7) is 3.23. The summed E-state index contributed by atoms with van der Waals surface area (Å²) in [4.78, 5) is 0. The maximum atomic E-state index is 3.88. The number of nitrogens with zero attached hydrogens (tertiary/aromatic N) is 3. The van der Waals surface area contributed by atoms with Crippen LogP contribution in [0.4, 0.5) is 0 Å². The molecular formula is C8H15N3. The topological polar surface area (TPSA) is 30.7 Å². The minimum absolute atomic E-state index is 1.01. The van der Waals surface area contributed by atoms with Crippen LogP contribution in [0.1, 0.15) is 32.6 Å². The van der Waals surface area contributed by atoms with Gasteiger partial charge in [-0.1, -0.05) is 31.4 Å². The lowest BCUT2D eigenvalue weighted by Gasteiger charge is -1.98. The summed E-state index contributed by atoms with van der Waals surface area (Å²) in [6, 6.07) is 0. The van der Waals surface area contributed by atoms with E-state index < -0.39 is 0 Å². The number of aryl methyl sites for hydroxylation is 1. The molecular weight excluding hydrogens is 138 g/mol. The summed E-state index contributed by atoms with van der Waals surface area (Å²) in [7, 11) is 0. The van der Waals surface area contributed by atoms with E-state index in [0.29, 0.717) is 0 Å². The van der Waals surface area contributed by atoms with Crippen LogP contribution in [0.3, 0.4) is 0 Å². The van der Waals surface area contributed by atoms with Crippen molar-refractivity contribution in [3.63, 3.8) is 0 Å². The summed E-state index contributed by atoms with van der Waals surface area (Å²) in [5.74, 6) is 0. The Morgan fingerprint density at radius 3 is 2.82 bits per heavy atom. The Balaban J connectivity index is 2.04. The molecule has 0 fully saturated rings. The van der Waals surface area contributed by atoms with Crippen LogP contribution >= 0.6 is 0 Å². The van der Waals surface area contributed by atoms with Gasteiger partial charge in [-0.3, -0.25) is 4.68 Å². The second-order valence-corrected chi connectivity index (χ2v) is 2.73. The monoisotopic (exact) mass is 153 g/mol. The van der Waals surface area contributed by atoms with Crippen LogP contribution in [0, 0.1) is 0 Å². The van der Waals surface area contributed by atoms with E-state index in [1.54, 1.807) is 6.20 Å². The first-order chi connectivity index (χ1) is 5.43. The lowest BCUT2D eigenvalue weighted by molar-refractivity contribution is 0.527. The zero-order valence-corrected chi connectivity index (χ0v) is 7.03. The maximum Gasteiger partial charge on any atom is 0.0692 e. The lowest BCUT2D eigenvalue weighted by atomic mass is 10.2. The fourth-order valence-electron chi connectivity index (χ4n) is 1.05. The SMILES string of the molecule is CCCCCCn1ccnn1. The van der Waals surface area contributed by atoms with Gasteiger partial charge in [-0.05, 0) is 6.42 Å². The molecule has 0 saturated carbocycles. The first kappa shape index (κ1) is 8.24. The van der Waals surface area contributed by atoms with E-state index in [9.17, 15) is 0 Å². The fourth-order valence-corrected chi connectivity index (χ4v) is 1.05. The molecule has 3 heteroatoms. The lowest BCUT2D eigenvalue weighted by Crippen LogP contribution is -1.98. The summed E-state index contributed by atoms with van der Waals surface area (Å²) >= 11 is 0. The molecule has 0 saturated heterocycles. The highest BCUT2D eigenvalue weighted by atomic mass is 15.4. The maximum absolute atomic E-state index is 3.88. The molecule has 1 aromatic rings. The van der Waals surface area contributed by atoms with Crippen molar-refractivity contribution < 1.29 is 0 Å². The van der Waals surface area contributed by atoms with Gasteiger partial charge in [0.25, 0.3) is 0 Å². The van der Waals surface area contributed by atoms with Crippen molar-refractivity contribution in [2.24, 2.45) is 0 Å². The number of aromatic nitrogens is 3. The molecule has 0 aliphatic heterocycles. The quantitative estimate of drug-likeness (QED) is 0.604. The molecule has 0 aromatic carbocycles. The Kier molecular flexibility index (Phi) is 3.65. The Bertz CT molecular complexity index is 169. The Labute approximate surface area is 67.4 Å². The average molecular weight is 153 g/mol.